The SMILES string of the molecule is N#Cc1cccnc1OC1CCN(C(=O)c2ccc3nsnc3c2)CC1. The van der Waals surface area contributed by atoms with E-state index in [1.54, 1.807) is 30.5 Å². The third-order valence-corrected chi connectivity index (χ3v) is 4.96. The van der Waals surface area contributed by atoms with Crippen LogP contribution in [0.2, 0.25) is 0 Å². The first-order valence-electron chi connectivity index (χ1n) is 8.28. The fraction of sp³-hybridized carbons (Fsp3) is 0.278. The van der Waals surface area contributed by atoms with Gasteiger partial charge in [-0.25, -0.2) is 4.98 Å². The number of amides is 1. The van der Waals surface area contributed by atoms with Crippen molar-refractivity contribution in [3.05, 3.63) is 47.7 Å². The van der Waals surface area contributed by atoms with Crippen molar-refractivity contribution in [1.29, 1.82) is 5.26 Å². The minimum absolute atomic E-state index is 0.00565. The highest BCUT2D eigenvalue weighted by atomic mass is 32.1. The van der Waals surface area contributed by atoms with Crippen molar-refractivity contribution in [2.45, 2.75) is 18.9 Å². The van der Waals surface area contributed by atoms with Gasteiger partial charge in [0.05, 0.1) is 11.7 Å². The standard InChI is InChI=1S/C18H15N5O2S/c19-11-13-2-1-7-20-17(13)25-14-5-8-23(9-6-14)18(24)12-3-4-15-16(10-12)22-26-21-15/h1-4,7,10,14H,5-6,8-9H2. The Morgan fingerprint density at radius 2 is 2.04 bits per heavy atom. The smallest absolute Gasteiger partial charge is 0.253 e. The summed E-state index contributed by atoms with van der Waals surface area (Å²) in [5.41, 5.74) is 2.61. The molecule has 3 aromatic rings. The molecule has 1 aromatic carbocycles. The lowest BCUT2D eigenvalue weighted by atomic mass is 10.1. The largest absolute Gasteiger partial charge is 0.473 e. The fourth-order valence-corrected chi connectivity index (χ4v) is 3.52. The summed E-state index contributed by atoms with van der Waals surface area (Å²) in [7, 11) is 0. The van der Waals surface area contributed by atoms with Crippen molar-refractivity contribution in [2.24, 2.45) is 0 Å². The summed E-state index contributed by atoms with van der Waals surface area (Å²) >= 11 is 1.14. The summed E-state index contributed by atoms with van der Waals surface area (Å²) in [4.78, 5) is 18.7. The van der Waals surface area contributed by atoms with Gasteiger partial charge in [0.1, 0.15) is 28.8 Å². The lowest BCUT2D eigenvalue weighted by Gasteiger charge is -2.32. The van der Waals surface area contributed by atoms with Crippen molar-refractivity contribution < 1.29 is 9.53 Å². The molecule has 1 amide bonds. The minimum Gasteiger partial charge on any atom is -0.473 e. The normalized spacial score (nSPS) is 15.0. The number of hydrogen-bond donors (Lipinski definition) is 0. The number of piperidine rings is 1. The van der Waals surface area contributed by atoms with Crippen LogP contribution in [0.25, 0.3) is 11.0 Å². The number of fused-ring (bicyclic) bond motifs is 1. The van der Waals surface area contributed by atoms with E-state index in [-0.39, 0.29) is 12.0 Å². The minimum atomic E-state index is -0.0497. The molecule has 1 saturated heterocycles. The predicted molar refractivity (Wildman–Crippen MR) is 95.9 cm³/mol. The molecule has 2 aromatic heterocycles. The highest BCUT2D eigenvalue weighted by Crippen LogP contribution is 2.22. The number of hydrogen-bond acceptors (Lipinski definition) is 7. The molecule has 26 heavy (non-hydrogen) atoms. The van der Waals surface area contributed by atoms with Crippen LogP contribution in [0.5, 0.6) is 5.88 Å². The van der Waals surface area contributed by atoms with Crippen LogP contribution < -0.4 is 4.74 Å². The zero-order valence-corrected chi connectivity index (χ0v) is 14.6. The van der Waals surface area contributed by atoms with Crippen molar-refractivity contribution in [3.63, 3.8) is 0 Å². The van der Waals surface area contributed by atoms with Crippen molar-refractivity contribution >= 4 is 28.7 Å². The second kappa shape index (κ2) is 7.06. The molecule has 1 aliphatic rings. The van der Waals surface area contributed by atoms with Gasteiger partial charge in [0.25, 0.3) is 5.91 Å². The van der Waals surface area contributed by atoms with E-state index in [1.807, 2.05) is 11.0 Å². The average molecular weight is 365 g/mol. The molecular weight excluding hydrogens is 350 g/mol. The number of benzene rings is 1. The number of pyridine rings is 1. The maximum atomic E-state index is 12.7. The van der Waals surface area contributed by atoms with Gasteiger partial charge in [-0.2, -0.15) is 14.0 Å². The molecule has 0 spiro atoms. The van der Waals surface area contributed by atoms with Gasteiger partial charge in [-0.05, 0) is 30.3 Å². The maximum Gasteiger partial charge on any atom is 0.253 e. The average Bonchev–Trinajstić information content (AvgIpc) is 3.16. The van der Waals surface area contributed by atoms with Gasteiger partial charge in [-0.15, -0.1) is 0 Å². The van der Waals surface area contributed by atoms with E-state index in [1.165, 1.54) is 0 Å². The molecular formula is C18H15N5O2S. The molecule has 0 unspecified atom stereocenters. The zero-order chi connectivity index (χ0) is 17.9. The van der Waals surface area contributed by atoms with Crippen LogP contribution >= 0.6 is 11.7 Å². The van der Waals surface area contributed by atoms with Gasteiger partial charge in [0.15, 0.2) is 0 Å². The third kappa shape index (κ3) is 3.21. The van der Waals surface area contributed by atoms with Gasteiger partial charge in [0, 0.05) is 37.7 Å². The first kappa shape index (κ1) is 16.4. The quantitative estimate of drug-likeness (QED) is 0.708. The molecule has 7 nitrogen and oxygen atoms in total. The molecule has 0 saturated carbocycles. The monoisotopic (exact) mass is 365 g/mol. The summed E-state index contributed by atoms with van der Waals surface area (Å²) in [6, 6.07) is 10.9. The molecule has 1 fully saturated rings. The molecule has 0 radical (unpaired) electrons. The molecule has 3 heterocycles. The van der Waals surface area contributed by atoms with E-state index in [2.05, 4.69) is 19.8 Å². The fourth-order valence-electron chi connectivity index (χ4n) is 3.00. The number of carbonyl (C=O) groups excluding carboxylic acids is 1. The third-order valence-electron chi connectivity index (χ3n) is 4.40. The van der Waals surface area contributed by atoms with Crippen LogP contribution in [0.3, 0.4) is 0 Å². The van der Waals surface area contributed by atoms with Crippen LogP contribution in [0.1, 0.15) is 28.8 Å². The van der Waals surface area contributed by atoms with E-state index in [9.17, 15) is 4.79 Å². The van der Waals surface area contributed by atoms with Crippen LogP contribution in [-0.4, -0.2) is 43.7 Å². The highest BCUT2D eigenvalue weighted by molar-refractivity contribution is 7.00. The number of nitriles is 1. The number of carbonyl (C=O) groups is 1. The molecule has 8 heteroatoms. The highest BCUT2D eigenvalue weighted by Gasteiger charge is 2.25. The lowest BCUT2D eigenvalue weighted by molar-refractivity contribution is 0.0587. The van der Waals surface area contributed by atoms with Gasteiger partial charge < -0.3 is 9.64 Å². The van der Waals surface area contributed by atoms with Gasteiger partial charge in [0.2, 0.25) is 5.88 Å². The Balaban J connectivity index is 1.40. The van der Waals surface area contributed by atoms with Crippen molar-refractivity contribution in [3.8, 4) is 11.9 Å². The molecule has 0 bridgehead atoms. The lowest BCUT2D eigenvalue weighted by Crippen LogP contribution is -2.41. The number of aromatic nitrogens is 3. The number of nitrogens with zero attached hydrogens (tertiary/aromatic N) is 5. The molecule has 0 N–H and O–H groups in total. The molecule has 0 aliphatic carbocycles. The summed E-state index contributed by atoms with van der Waals surface area (Å²) in [6.07, 6.45) is 2.96. The Morgan fingerprint density at radius 3 is 2.85 bits per heavy atom. The van der Waals surface area contributed by atoms with Crippen molar-refractivity contribution in [2.75, 3.05) is 13.1 Å². The topological polar surface area (TPSA) is 92.0 Å². The summed E-state index contributed by atoms with van der Waals surface area (Å²) in [5, 5.41) is 9.12. The molecule has 130 valence electrons. The van der Waals surface area contributed by atoms with Crippen LogP contribution in [-0.2, 0) is 0 Å². The van der Waals surface area contributed by atoms with E-state index < -0.39 is 0 Å². The van der Waals surface area contributed by atoms with Crippen LogP contribution in [0.4, 0.5) is 0 Å². The van der Waals surface area contributed by atoms with E-state index in [0.717, 1.165) is 22.8 Å². The molecule has 1 aliphatic heterocycles. The van der Waals surface area contributed by atoms with Gasteiger partial charge in [-0.1, -0.05) is 0 Å². The first-order chi connectivity index (χ1) is 12.7. The van der Waals surface area contributed by atoms with Gasteiger partial charge >= 0.3 is 0 Å². The maximum absolute atomic E-state index is 12.7. The molecule has 0 atom stereocenters. The number of rotatable bonds is 3. The first-order valence-corrected chi connectivity index (χ1v) is 9.01. The van der Waals surface area contributed by atoms with Crippen LogP contribution in [0, 0.1) is 11.3 Å². The summed E-state index contributed by atoms with van der Waals surface area (Å²) in [5.74, 6) is 0.357. The van der Waals surface area contributed by atoms with E-state index in [4.69, 9.17) is 10.00 Å². The van der Waals surface area contributed by atoms with E-state index in [0.29, 0.717) is 42.9 Å². The second-order valence-electron chi connectivity index (χ2n) is 6.05. The van der Waals surface area contributed by atoms with Gasteiger partial charge in [-0.3, -0.25) is 4.79 Å². The van der Waals surface area contributed by atoms with E-state index >= 15 is 0 Å². The number of ether oxygens (including phenoxy) is 1. The Bertz CT molecular complexity index is 988. The molecule has 4 rings (SSSR count). The Hall–Kier alpha value is -3.05. The summed E-state index contributed by atoms with van der Waals surface area (Å²) < 4.78 is 14.2. The summed E-state index contributed by atoms with van der Waals surface area (Å²) in [6.45, 7) is 1.21. The predicted octanol–water partition coefficient (Wildman–Crippen LogP) is 2.64. The Labute approximate surface area is 154 Å². The second-order valence-corrected chi connectivity index (χ2v) is 6.57. The Kier molecular flexibility index (Phi) is 4.46. The van der Waals surface area contributed by atoms with Crippen molar-refractivity contribution in [1.82, 2.24) is 18.6 Å². The Morgan fingerprint density at radius 1 is 1.23 bits per heavy atom. The zero-order valence-electron chi connectivity index (χ0n) is 13.8. The van der Waals surface area contributed by atoms with Crippen LogP contribution in [0.15, 0.2) is 36.5 Å². The number of likely N-dealkylation sites (tertiary alicyclic amines) is 1.